The van der Waals surface area contributed by atoms with E-state index in [0.717, 1.165) is 5.01 Å². The van der Waals surface area contributed by atoms with E-state index >= 15 is 0 Å². The standard InChI is InChI=1S/C11H20N2O2S/c1-9(8-15-6-5-14-3)13-10(2)11-12-4-7-16-11/h4,7,9-10,13H,5-6,8H2,1-3H3. The number of nitrogens with zero attached hydrogens (tertiary/aromatic N) is 1. The monoisotopic (exact) mass is 244 g/mol. The van der Waals surface area contributed by atoms with Gasteiger partial charge in [-0.1, -0.05) is 0 Å². The maximum Gasteiger partial charge on any atom is 0.109 e. The zero-order chi connectivity index (χ0) is 11.8. The second-order valence-corrected chi connectivity index (χ2v) is 4.65. The third kappa shape index (κ3) is 5.03. The summed E-state index contributed by atoms with van der Waals surface area (Å²) in [5.41, 5.74) is 0. The molecule has 1 aromatic rings. The average Bonchev–Trinajstić information content (AvgIpc) is 2.77. The van der Waals surface area contributed by atoms with Crippen LogP contribution < -0.4 is 5.32 Å². The maximum absolute atomic E-state index is 5.45. The van der Waals surface area contributed by atoms with Crippen LogP contribution in [-0.2, 0) is 9.47 Å². The van der Waals surface area contributed by atoms with Crippen molar-refractivity contribution >= 4 is 11.3 Å². The first kappa shape index (κ1) is 13.6. The minimum Gasteiger partial charge on any atom is -0.382 e. The Morgan fingerprint density at radius 3 is 2.88 bits per heavy atom. The van der Waals surface area contributed by atoms with Gasteiger partial charge in [0.1, 0.15) is 5.01 Å². The SMILES string of the molecule is COCCOCC(C)NC(C)c1nccs1. The van der Waals surface area contributed by atoms with Crippen molar-refractivity contribution in [2.75, 3.05) is 26.9 Å². The van der Waals surface area contributed by atoms with E-state index < -0.39 is 0 Å². The van der Waals surface area contributed by atoms with E-state index in [1.165, 1.54) is 0 Å². The number of hydrogen-bond donors (Lipinski definition) is 1. The number of thiazole rings is 1. The molecule has 0 bridgehead atoms. The molecular formula is C11H20N2O2S. The van der Waals surface area contributed by atoms with Gasteiger partial charge < -0.3 is 14.8 Å². The predicted molar refractivity (Wildman–Crippen MR) is 65.8 cm³/mol. The maximum atomic E-state index is 5.45. The Hall–Kier alpha value is -0.490. The highest BCUT2D eigenvalue weighted by Crippen LogP contribution is 2.15. The molecule has 1 N–H and O–H groups in total. The summed E-state index contributed by atoms with van der Waals surface area (Å²) >= 11 is 1.67. The molecule has 16 heavy (non-hydrogen) atoms. The van der Waals surface area contributed by atoms with Crippen molar-refractivity contribution in [3.05, 3.63) is 16.6 Å². The molecule has 0 spiro atoms. The molecule has 0 amide bonds. The van der Waals surface area contributed by atoms with Crippen LogP contribution in [0.5, 0.6) is 0 Å². The van der Waals surface area contributed by atoms with Gasteiger partial charge in [0.2, 0.25) is 0 Å². The Morgan fingerprint density at radius 2 is 2.25 bits per heavy atom. The first-order valence-electron chi connectivity index (χ1n) is 5.46. The molecule has 92 valence electrons. The molecule has 1 heterocycles. The molecule has 0 aliphatic heterocycles. The molecular weight excluding hydrogens is 224 g/mol. The molecule has 0 aromatic carbocycles. The second kappa shape index (κ2) is 7.73. The smallest absolute Gasteiger partial charge is 0.109 e. The molecule has 1 aromatic heterocycles. The van der Waals surface area contributed by atoms with E-state index in [-0.39, 0.29) is 6.04 Å². The number of ether oxygens (including phenoxy) is 2. The number of aromatic nitrogens is 1. The molecule has 0 fully saturated rings. The van der Waals surface area contributed by atoms with Crippen LogP contribution in [0.2, 0.25) is 0 Å². The van der Waals surface area contributed by atoms with Gasteiger partial charge in [0.15, 0.2) is 0 Å². The normalized spacial score (nSPS) is 14.9. The lowest BCUT2D eigenvalue weighted by atomic mass is 10.3. The van der Waals surface area contributed by atoms with Gasteiger partial charge in [-0.25, -0.2) is 4.98 Å². The number of nitrogens with one attached hydrogen (secondary N) is 1. The second-order valence-electron chi connectivity index (χ2n) is 3.73. The fourth-order valence-corrected chi connectivity index (χ4v) is 2.05. The first-order valence-corrected chi connectivity index (χ1v) is 6.34. The average molecular weight is 244 g/mol. The van der Waals surface area contributed by atoms with Gasteiger partial charge in [-0.2, -0.15) is 0 Å². The molecule has 0 aliphatic rings. The van der Waals surface area contributed by atoms with Gasteiger partial charge >= 0.3 is 0 Å². The van der Waals surface area contributed by atoms with Gasteiger partial charge in [0, 0.05) is 24.7 Å². The van der Waals surface area contributed by atoms with Gasteiger partial charge in [0.05, 0.1) is 25.9 Å². The summed E-state index contributed by atoms with van der Waals surface area (Å²) < 4.78 is 10.4. The molecule has 2 atom stereocenters. The van der Waals surface area contributed by atoms with Crippen LogP contribution in [0.1, 0.15) is 24.9 Å². The molecule has 0 saturated heterocycles. The zero-order valence-corrected chi connectivity index (χ0v) is 10.9. The molecule has 0 saturated carbocycles. The van der Waals surface area contributed by atoms with Gasteiger partial charge in [-0.3, -0.25) is 0 Å². The van der Waals surface area contributed by atoms with E-state index in [2.05, 4.69) is 24.1 Å². The van der Waals surface area contributed by atoms with E-state index in [1.807, 2.05) is 11.6 Å². The fourth-order valence-electron chi connectivity index (χ4n) is 1.40. The van der Waals surface area contributed by atoms with Crippen molar-refractivity contribution in [2.45, 2.75) is 25.9 Å². The van der Waals surface area contributed by atoms with E-state index in [1.54, 1.807) is 18.4 Å². The summed E-state index contributed by atoms with van der Waals surface area (Å²) in [4.78, 5) is 4.27. The summed E-state index contributed by atoms with van der Waals surface area (Å²) in [5, 5.41) is 6.55. The Labute approximate surface area is 101 Å². The molecule has 2 unspecified atom stereocenters. The Bertz CT molecular complexity index is 267. The van der Waals surface area contributed by atoms with Crippen molar-refractivity contribution in [1.29, 1.82) is 0 Å². The highest BCUT2D eigenvalue weighted by Gasteiger charge is 2.11. The lowest BCUT2D eigenvalue weighted by molar-refractivity contribution is 0.0597. The van der Waals surface area contributed by atoms with E-state index in [9.17, 15) is 0 Å². The highest BCUT2D eigenvalue weighted by atomic mass is 32.1. The summed E-state index contributed by atoms with van der Waals surface area (Å²) in [7, 11) is 1.68. The van der Waals surface area contributed by atoms with Crippen LogP contribution >= 0.6 is 11.3 Å². The van der Waals surface area contributed by atoms with Crippen molar-refractivity contribution in [2.24, 2.45) is 0 Å². The van der Waals surface area contributed by atoms with Crippen LogP contribution in [0.15, 0.2) is 11.6 Å². The summed E-state index contributed by atoms with van der Waals surface area (Å²) in [5.74, 6) is 0. The summed E-state index contributed by atoms with van der Waals surface area (Å²) in [6.45, 7) is 6.21. The predicted octanol–water partition coefficient (Wildman–Crippen LogP) is 1.85. The lowest BCUT2D eigenvalue weighted by Gasteiger charge is -2.18. The molecule has 0 aliphatic carbocycles. The first-order chi connectivity index (χ1) is 7.74. The minimum absolute atomic E-state index is 0.279. The van der Waals surface area contributed by atoms with Gasteiger partial charge in [-0.15, -0.1) is 11.3 Å². The quantitative estimate of drug-likeness (QED) is 0.709. The number of hydrogen-bond acceptors (Lipinski definition) is 5. The number of methoxy groups -OCH3 is 1. The molecule has 4 nitrogen and oxygen atoms in total. The third-order valence-electron chi connectivity index (χ3n) is 2.16. The van der Waals surface area contributed by atoms with Crippen LogP contribution in [0.4, 0.5) is 0 Å². The summed E-state index contributed by atoms with van der Waals surface area (Å²) in [6.07, 6.45) is 1.83. The van der Waals surface area contributed by atoms with Gasteiger partial charge in [-0.05, 0) is 13.8 Å². The van der Waals surface area contributed by atoms with Crippen molar-refractivity contribution in [1.82, 2.24) is 10.3 Å². The molecule has 5 heteroatoms. The topological polar surface area (TPSA) is 43.4 Å². The van der Waals surface area contributed by atoms with Crippen molar-refractivity contribution < 1.29 is 9.47 Å². The minimum atomic E-state index is 0.279. The van der Waals surface area contributed by atoms with Crippen molar-refractivity contribution in [3.63, 3.8) is 0 Å². The largest absolute Gasteiger partial charge is 0.382 e. The Morgan fingerprint density at radius 1 is 1.44 bits per heavy atom. The molecule has 0 radical (unpaired) electrons. The van der Waals surface area contributed by atoms with Crippen LogP contribution in [0.3, 0.4) is 0 Å². The summed E-state index contributed by atoms with van der Waals surface area (Å²) in [6, 6.07) is 0.594. The van der Waals surface area contributed by atoms with Gasteiger partial charge in [0.25, 0.3) is 0 Å². The lowest BCUT2D eigenvalue weighted by Crippen LogP contribution is -2.33. The fraction of sp³-hybridized carbons (Fsp3) is 0.727. The van der Waals surface area contributed by atoms with Crippen LogP contribution in [0.25, 0.3) is 0 Å². The Balaban J connectivity index is 2.16. The van der Waals surface area contributed by atoms with Crippen molar-refractivity contribution in [3.8, 4) is 0 Å². The Kier molecular flexibility index (Phi) is 6.56. The zero-order valence-electron chi connectivity index (χ0n) is 10.1. The number of rotatable bonds is 8. The van der Waals surface area contributed by atoms with E-state index in [0.29, 0.717) is 25.9 Å². The highest BCUT2D eigenvalue weighted by molar-refractivity contribution is 7.09. The molecule has 1 rings (SSSR count). The van der Waals surface area contributed by atoms with Crippen LogP contribution in [0, 0.1) is 0 Å². The van der Waals surface area contributed by atoms with E-state index in [4.69, 9.17) is 9.47 Å². The van der Waals surface area contributed by atoms with Crippen LogP contribution in [-0.4, -0.2) is 38.0 Å². The third-order valence-corrected chi connectivity index (χ3v) is 3.11.